The number of hydrogen-bond donors (Lipinski definition) is 2. The number of hydrogen-bond acceptors (Lipinski definition) is 3. The molecule has 5 rings (SSSR count). The first-order valence-corrected chi connectivity index (χ1v) is 16.3. The summed E-state index contributed by atoms with van der Waals surface area (Å²) in [5, 5.41) is 0. The van der Waals surface area contributed by atoms with E-state index in [4.69, 9.17) is 13.6 Å². The summed E-state index contributed by atoms with van der Waals surface area (Å²) in [5.41, 5.74) is 19.1. The molecule has 219 valence electrons. The van der Waals surface area contributed by atoms with Gasteiger partial charge in [0.1, 0.15) is 0 Å². The van der Waals surface area contributed by atoms with E-state index in [2.05, 4.69) is 89.6 Å². The Morgan fingerprint density at radius 3 is 1.19 bits per heavy atom. The third kappa shape index (κ3) is 5.54. The topological polar surface area (TPSA) is 74.4 Å². The Labute approximate surface area is 260 Å². The molecule has 0 aliphatic carbocycles. The Morgan fingerprint density at radius 2 is 0.881 bits per heavy atom. The van der Waals surface area contributed by atoms with Crippen LogP contribution in [0.1, 0.15) is 126 Å². The summed E-state index contributed by atoms with van der Waals surface area (Å²) in [6.45, 7) is 17.9. The zero-order valence-corrected chi connectivity index (χ0v) is 28.0. The van der Waals surface area contributed by atoms with Gasteiger partial charge in [-0.3, -0.25) is 0 Å². The molecule has 0 saturated carbocycles. The van der Waals surface area contributed by atoms with Gasteiger partial charge in [-0.25, -0.2) is 4.98 Å². The van der Waals surface area contributed by atoms with Crippen LogP contribution in [0.4, 0.5) is 0 Å². The van der Waals surface area contributed by atoms with Crippen LogP contribution in [-0.2, 0) is 46.7 Å². The molecule has 2 N–H and O–H groups in total. The minimum absolute atomic E-state index is 0.923. The van der Waals surface area contributed by atoms with E-state index in [-0.39, 0.29) is 0 Å². The van der Waals surface area contributed by atoms with Crippen LogP contribution in [0.15, 0.2) is 12.1 Å². The molecule has 0 aromatic carbocycles. The summed E-state index contributed by atoms with van der Waals surface area (Å²) >= 11 is 1.06. The Balaban J connectivity index is 0.00000198. The number of aryl methyl sites for hydroxylation is 4. The molecular formula is C36H44N4OV. The number of allylic oxidation sites excluding steroid dienone is 4. The molecule has 0 saturated heterocycles. The molecular weight excluding hydrogens is 555 g/mol. The van der Waals surface area contributed by atoms with Gasteiger partial charge in [0.05, 0.1) is 11.4 Å². The van der Waals surface area contributed by atoms with Gasteiger partial charge in [-0.1, -0.05) is 115 Å². The van der Waals surface area contributed by atoms with Crippen molar-refractivity contribution in [1.29, 1.82) is 0 Å². The number of fused-ring (bicyclic) bond motifs is 8. The van der Waals surface area contributed by atoms with Gasteiger partial charge < -0.3 is 15.0 Å². The number of aromatic amines is 2. The zero-order chi connectivity index (χ0) is 30.6. The quantitative estimate of drug-likeness (QED) is 0.253. The third-order valence-electron chi connectivity index (χ3n) is 8.76. The maximum atomic E-state index is 8.19. The van der Waals surface area contributed by atoms with Gasteiger partial charge in [0, 0.05) is 11.0 Å². The molecule has 0 radical (unpaired) electrons. The summed E-state index contributed by atoms with van der Waals surface area (Å²) in [7, 11) is 0. The van der Waals surface area contributed by atoms with E-state index in [1.54, 1.807) is 0 Å². The van der Waals surface area contributed by atoms with E-state index >= 15 is 0 Å². The van der Waals surface area contributed by atoms with E-state index in [0.29, 0.717) is 0 Å². The van der Waals surface area contributed by atoms with Crippen molar-refractivity contribution >= 4 is 44.4 Å². The second-order valence-electron chi connectivity index (χ2n) is 10.7. The number of aromatic nitrogens is 4. The Hall–Kier alpha value is -3.02. The first kappa shape index (κ1) is 31.9. The molecule has 42 heavy (non-hydrogen) atoms. The fraction of sp³-hybridized carbons (Fsp3) is 0.444. The SMILES string of the molecule is CCC1=C(CC)c2[c-]c3[nH]c(cc4nc(cc5[nH]c([c-]c1n2)c(CC)c5CC)C(CC)=C4CC)c(CC)c3CC.[O]=[V+2]. The first-order valence-electron chi connectivity index (χ1n) is 15.7. The van der Waals surface area contributed by atoms with Gasteiger partial charge >= 0.3 is 21.0 Å². The summed E-state index contributed by atoms with van der Waals surface area (Å²) in [4.78, 5) is 18.0. The number of rotatable bonds is 8. The second kappa shape index (κ2) is 14.0. The minimum atomic E-state index is 0.923. The van der Waals surface area contributed by atoms with Crippen LogP contribution in [-0.4, -0.2) is 19.9 Å². The van der Waals surface area contributed by atoms with Crippen LogP contribution < -0.4 is 0 Å². The zero-order valence-electron chi connectivity index (χ0n) is 26.6. The molecule has 0 fully saturated rings. The van der Waals surface area contributed by atoms with Crippen molar-refractivity contribution in [3.8, 4) is 0 Å². The van der Waals surface area contributed by atoms with Gasteiger partial charge in [0.15, 0.2) is 0 Å². The van der Waals surface area contributed by atoms with Crippen molar-refractivity contribution in [3.63, 3.8) is 0 Å². The molecule has 3 aromatic heterocycles. The van der Waals surface area contributed by atoms with Crippen molar-refractivity contribution in [2.45, 2.75) is 107 Å². The summed E-state index contributed by atoms with van der Waals surface area (Å²) in [6, 6.07) is 12.1. The molecule has 0 amide bonds. The van der Waals surface area contributed by atoms with E-state index in [1.165, 1.54) is 44.5 Å². The van der Waals surface area contributed by atoms with Crippen molar-refractivity contribution in [2.75, 3.05) is 0 Å². The van der Waals surface area contributed by atoms with E-state index in [9.17, 15) is 0 Å². The molecule has 2 aliphatic rings. The van der Waals surface area contributed by atoms with Gasteiger partial charge in [0.2, 0.25) is 0 Å². The van der Waals surface area contributed by atoms with Crippen molar-refractivity contribution in [2.24, 2.45) is 0 Å². The normalized spacial score (nSPS) is 13.1. The molecule has 3 aromatic rings. The van der Waals surface area contributed by atoms with Crippen molar-refractivity contribution < 1.29 is 21.0 Å². The fourth-order valence-corrected chi connectivity index (χ4v) is 6.86. The van der Waals surface area contributed by atoms with Crippen LogP contribution in [0, 0.1) is 12.1 Å². The molecule has 0 spiro atoms. The molecule has 6 heteroatoms. The van der Waals surface area contributed by atoms with Gasteiger partial charge in [-0.15, -0.1) is 23.3 Å². The summed E-state index contributed by atoms with van der Waals surface area (Å²) in [6.07, 6.45) is 7.58. The monoisotopic (exact) mass is 599 g/mol. The third-order valence-corrected chi connectivity index (χ3v) is 8.76. The predicted molar refractivity (Wildman–Crippen MR) is 172 cm³/mol. The van der Waals surface area contributed by atoms with Gasteiger partial charge in [0.25, 0.3) is 0 Å². The number of H-pyrrole nitrogens is 2. The summed E-state index contributed by atoms with van der Waals surface area (Å²) < 4.78 is 8.19. The van der Waals surface area contributed by atoms with Crippen LogP contribution in [0.5, 0.6) is 0 Å². The number of nitrogens with one attached hydrogen (secondary N) is 2. The van der Waals surface area contributed by atoms with Crippen molar-refractivity contribution in [1.82, 2.24) is 19.9 Å². The Morgan fingerprint density at radius 1 is 0.524 bits per heavy atom. The molecule has 5 nitrogen and oxygen atoms in total. The van der Waals surface area contributed by atoms with E-state index in [1.807, 2.05) is 0 Å². The van der Waals surface area contributed by atoms with E-state index < -0.39 is 0 Å². The predicted octanol–water partition coefficient (Wildman–Crippen LogP) is 9.51. The van der Waals surface area contributed by atoms with Crippen LogP contribution in [0.25, 0.3) is 44.4 Å². The maximum absolute atomic E-state index is 8.19. The van der Waals surface area contributed by atoms with Crippen molar-refractivity contribution in [3.05, 3.63) is 69.3 Å². The molecule has 8 bridgehead atoms. The number of nitrogens with zero attached hydrogens (tertiary/aromatic N) is 2. The Bertz CT molecular complexity index is 1460. The second-order valence-corrected chi connectivity index (χ2v) is 10.7. The van der Waals surface area contributed by atoms with Gasteiger partial charge in [-0.2, -0.15) is 11.1 Å². The van der Waals surface area contributed by atoms with Crippen LogP contribution in [0.2, 0.25) is 0 Å². The molecule has 0 unspecified atom stereocenters. The Kier molecular flexibility index (Phi) is 10.6. The molecule has 5 heterocycles. The standard InChI is InChI=1S/C36H44N4.O.V/c1-9-21-22(10-2)30-18-32-25(13-5)26(14-6)34(39-32)20-36-28(16-8)27(15-7)35(40-36)19-33-24(12-4)23(11-3)31(38-33)17-29(21)37-30;;/h17-18,38-39H,9-16H2,1-8H3;;/q-2;;+2. The average molecular weight is 600 g/mol. The van der Waals surface area contributed by atoms with Crippen LogP contribution >= 0.6 is 0 Å². The van der Waals surface area contributed by atoms with Gasteiger partial charge in [-0.05, 0) is 49.0 Å². The van der Waals surface area contributed by atoms with E-state index in [0.717, 1.165) is 114 Å². The molecule has 2 aliphatic heterocycles. The average Bonchev–Trinajstić information content (AvgIpc) is 3.73. The summed E-state index contributed by atoms with van der Waals surface area (Å²) in [5.74, 6) is 0. The van der Waals surface area contributed by atoms with Crippen LogP contribution in [0.3, 0.4) is 0 Å². The molecule has 0 atom stereocenters. The first-order chi connectivity index (χ1) is 20.5. The fourth-order valence-electron chi connectivity index (χ4n) is 6.86.